The van der Waals surface area contributed by atoms with Crippen LogP contribution in [-0.2, 0) is 17.5 Å². The Morgan fingerprint density at radius 2 is 2.06 bits per heavy atom. The van der Waals surface area contributed by atoms with Gasteiger partial charge in [0.15, 0.2) is 5.17 Å². The lowest BCUT2D eigenvalue weighted by Gasteiger charge is -2.31. The number of nitrogens with two attached hydrogens (primary N) is 1. The zero-order valence-electron chi connectivity index (χ0n) is 18.4. The van der Waals surface area contributed by atoms with Crippen molar-refractivity contribution in [3.05, 3.63) is 69.2 Å². The molecule has 1 amide bonds. The third kappa shape index (κ3) is 5.10. The van der Waals surface area contributed by atoms with Gasteiger partial charge in [0.1, 0.15) is 0 Å². The molecule has 2 N–H and O–H groups in total. The summed E-state index contributed by atoms with van der Waals surface area (Å²) in [6, 6.07) is 9.25. The van der Waals surface area contributed by atoms with Crippen LogP contribution in [0.1, 0.15) is 29.5 Å². The lowest BCUT2D eigenvalue weighted by atomic mass is 10.1. The summed E-state index contributed by atoms with van der Waals surface area (Å²) in [4.78, 5) is 19.2. The highest BCUT2D eigenvalue weighted by Crippen LogP contribution is 2.35. The summed E-state index contributed by atoms with van der Waals surface area (Å²) in [7, 11) is 0. The standard InChI is InChI=1S/C24H21ClF3N5OS/c25-17-5-4-15(19(10-17)24(26,27)28)12-33-20-6-3-14(8-16(20)11-30-33)9-21-22(34)31-23(35-21)32-7-1-2-18(29)13-32/h3-6,8-11,18H,1-2,7,12-13,29H2/t18-/m0/s1. The van der Waals surface area contributed by atoms with Crippen molar-refractivity contribution < 1.29 is 18.0 Å². The predicted octanol–water partition coefficient (Wildman–Crippen LogP) is 5.15. The van der Waals surface area contributed by atoms with Crippen LogP contribution >= 0.6 is 23.4 Å². The van der Waals surface area contributed by atoms with E-state index in [1.807, 2.05) is 12.1 Å². The summed E-state index contributed by atoms with van der Waals surface area (Å²) in [5.41, 5.74) is 6.81. The van der Waals surface area contributed by atoms with E-state index < -0.39 is 11.7 Å². The maximum Gasteiger partial charge on any atom is 0.416 e. The van der Waals surface area contributed by atoms with Crippen molar-refractivity contribution in [2.75, 3.05) is 13.1 Å². The highest BCUT2D eigenvalue weighted by atomic mass is 35.5. The molecule has 0 spiro atoms. The number of aromatic nitrogens is 2. The molecule has 0 aliphatic carbocycles. The number of aliphatic imine (C=N–C) groups is 1. The number of benzene rings is 2. The number of carbonyl (C=O) groups excluding carboxylic acids is 1. The third-order valence-electron chi connectivity index (χ3n) is 6.00. The zero-order chi connectivity index (χ0) is 24.7. The van der Waals surface area contributed by atoms with Crippen LogP contribution in [0.4, 0.5) is 13.2 Å². The summed E-state index contributed by atoms with van der Waals surface area (Å²) >= 11 is 7.12. The van der Waals surface area contributed by atoms with Crippen LogP contribution in [0, 0.1) is 0 Å². The van der Waals surface area contributed by atoms with Crippen LogP contribution in [0.15, 0.2) is 52.5 Å². The van der Waals surface area contributed by atoms with Crippen molar-refractivity contribution >= 4 is 51.4 Å². The molecule has 0 radical (unpaired) electrons. The van der Waals surface area contributed by atoms with E-state index in [2.05, 4.69) is 15.0 Å². The molecule has 182 valence electrons. The first-order chi connectivity index (χ1) is 16.7. The van der Waals surface area contributed by atoms with Crippen LogP contribution in [0.25, 0.3) is 17.0 Å². The van der Waals surface area contributed by atoms with Crippen molar-refractivity contribution in [3.63, 3.8) is 0 Å². The molecule has 2 aliphatic rings. The Morgan fingerprint density at radius 1 is 1.23 bits per heavy atom. The van der Waals surface area contributed by atoms with Gasteiger partial charge in [0.05, 0.1) is 28.7 Å². The van der Waals surface area contributed by atoms with Gasteiger partial charge in [0, 0.05) is 29.5 Å². The second-order valence-electron chi connectivity index (χ2n) is 8.58. The molecule has 11 heteroatoms. The van der Waals surface area contributed by atoms with Crippen LogP contribution in [0.3, 0.4) is 0 Å². The average molecular weight is 520 g/mol. The molecule has 0 saturated carbocycles. The number of thioether (sulfide) groups is 1. The molecular formula is C24H21ClF3N5OS. The molecular weight excluding hydrogens is 499 g/mol. The van der Waals surface area contributed by atoms with E-state index in [1.54, 1.807) is 18.3 Å². The predicted molar refractivity (Wildman–Crippen MR) is 132 cm³/mol. The molecule has 6 nitrogen and oxygen atoms in total. The second-order valence-corrected chi connectivity index (χ2v) is 10.0. The second kappa shape index (κ2) is 9.33. The van der Waals surface area contributed by atoms with E-state index in [1.165, 1.54) is 28.6 Å². The summed E-state index contributed by atoms with van der Waals surface area (Å²) in [5.74, 6) is -0.289. The molecule has 1 atom stereocenters. The number of halogens is 4. The lowest BCUT2D eigenvalue weighted by molar-refractivity contribution is -0.138. The molecule has 2 aromatic carbocycles. The minimum Gasteiger partial charge on any atom is -0.349 e. The number of alkyl halides is 3. The number of amides is 1. The van der Waals surface area contributed by atoms with Crippen molar-refractivity contribution in [1.82, 2.24) is 14.7 Å². The number of carbonyl (C=O) groups is 1. The summed E-state index contributed by atoms with van der Waals surface area (Å²) in [6.45, 7) is 1.45. The van der Waals surface area contributed by atoms with Gasteiger partial charge in [-0.15, -0.1) is 0 Å². The van der Waals surface area contributed by atoms with Gasteiger partial charge in [-0.25, -0.2) is 0 Å². The normalized spacial score (nSPS) is 20.2. The van der Waals surface area contributed by atoms with E-state index in [9.17, 15) is 18.0 Å². The van der Waals surface area contributed by atoms with E-state index >= 15 is 0 Å². The number of likely N-dealkylation sites (tertiary alicyclic amines) is 1. The van der Waals surface area contributed by atoms with Gasteiger partial charge in [0.25, 0.3) is 5.91 Å². The maximum atomic E-state index is 13.5. The maximum absolute atomic E-state index is 13.5. The fourth-order valence-electron chi connectivity index (χ4n) is 4.30. The molecule has 3 heterocycles. The van der Waals surface area contributed by atoms with Gasteiger partial charge in [-0.1, -0.05) is 23.7 Å². The van der Waals surface area contributed by atoms with Crippen LogP contribution in [-0.4, -0.2) is 44.9 Å². The number of hydrogen-bond acceptors (Lipinski definition) is 5. The Balaban J connectivity index is 1.37. The van der Waals surface area contributed by atoms with E-state index in [4.69, 9.17) is 17.3 Å². The monoisotopic (exact) mass is 519 g/mol. The number of fused-ring (bicyclic) bond motifs is 1. The highest BCUT2D eigenvalue weighted by Gasteiger charge is 2.34. The molecule has 2 aliphatic heterocycles. The lowest BCUT2D eigenvalue weighted by Crippen LogP contribution is -2.44. The Kier molecular flexibility index (Phi) is 6.37. The zero-order valence-corrected chi connectivity index (χ0v) is 20.0. The Morgan fingerprint density at radius 3 is 2.83 bits per heavy atom. The van der Waals surface area contributed by atoms with E-state index in [-0.39, 0.29) is 29.1 Å². The van der Waals surface area contributed by atoms with Crippen molar-refractivity contribution in [2.45, 2.75) is 31.6 Å². The van der Waals surface area contributed by atoms with Gasteiger partial charge < -0.3 is 10.6 Å². The summed E-state index contributed by atoms with van der Waals surface area (Å²) in [5, 5.41) is 5.74. The SMILES string of the molecule is N[C@H]1CCCN(C2=NC(=O)C(=Cc3ccc4c(cnn4Cc4ccc(Cl)cc4C(F)(F)F)c3)S2)C1. The van der Waals surface area contributed by atoms with Crippen molar-refractivity contribution in [3.8, 4) is 0 Å². The largest absolute Gasteiger partial charge is 0.416 e. The summed E-state index contributed by atoms with van der Waals surface area (Å²) < 4.78 is 41.9. The fourth-order valence-corrected chi connectivity index (χ4v) is 5.42. The molecule has 5 rings (SSSR count). The van der Waals surface area contributed by atoms with Crippen molar-refractivity contribution in [1.29, 1.82) is 0 Å². The minimum atomic E-state index is -4.52. The fraction of sp³-hybridized carbons (Fsp3) is 0.292. The van der Waals surface area contributed by atoms with Crippen molar-refractivity contribution in [2.24, 2.45) is 10.7 Å². The third-order valence-corrected chi connectivity index (χ3v) is 7.28. The average Bonchev–Trinajstić information content (AvgIpc) is 3.37. The van der Waals surface area contributed by atoms with Crippen LogP contribution in [0.2, 0.25) is 5.02 Å². The minimum absolute atomic E-state index is 0.0266. The number of hydrogen-bond donors (Lipinski definition) is 1. The van der Waals surface area contributed by atoms with Crippen LogP contribution in [0.5, 0.6) is 0 Å². The highest BCUT2D eigenvalue weighted by molar-refractivity contribution is 8.18. The molecule has 1 fully saturated rings. The number of nitrogens with zero attached hydrogens (tertiary/aromatic N) is 4. The quantitative estimate of drug-likeness (QED) is 0.484. The van der Waals surface area contributed by atoms with Gasteiger partial charge in [-0.3, -0.25) is 9.48 Å². The molecule has 0 bridgehead atoms. The smallest absolute Gasteiger partial charge is 0.349 e. The molecule has 1 saturated heterocycles. The van der Waals surface area contributed by atoms with Gasteiger partial charge in [-0.05, 0) is 66.1 Å². The Labute approximate surface area is 208 Å². The number of amidine groups is 1. The number of piperidine rings is 1. The first-order valence-electron chi connectivity index (χ1n) is 11.0. The Hall–Kier alpha value is -2.82. The first-order valence-corrected chi connectivity index (χ1v) is 12.2. The van der Waals surface area contributed by atoms with E-state index in [0.717, 1.165) is 36.4 Å². The topological polar surface area (TPSA) is 76.5 Å². The Bertz CT molecular complexity index is 1370. The molecule has 0 unspecified atom stereocenters. The first kappa shape index (κ1) is 23.9. The summed E-state index contributed by atoms with van der Waals surface area (Å²) in [6.07, 6.45) is 0.782. The number of rotatable bonds is 3. The molecule has 1 aromatic heterocycles. The molecule has 3 aromatic rings. The van der Waals surface area contributed by atoms with Gasteiger partial charge in [0.2, 0.25) is 0 Å². The molecule has 35 heavy (non-hydrogen) atoms. The van der Waals surface area contributed by atoms with Gasteiger partial charge >= 0.3 is 6.18 Å². The van der Waals surface area contributed by atoms with E-state index in [0.29, 0.717) is 22.1 Å². The van der Waals surface area contributed by atoms with Gasteiger partial charge in [-0.2, -0.15) is 23.3 Å². The van der Waals surface area contributed by atoms with Crippen LogP contribution < -0.4 is 5.73 Å².